The Kier molecular flexibility index (Phi) is 9.73. The van der Waals surface area contributed by atoms with Gasteiger partial charge in [0.05, 0.1) is 6.20 Å². The van der Waals surface area contributed by atoms with Crippen LogP contribution in [-0.2, 0) is 17.8 Å². The van der Waals surface area contributed by atoms with E-state index in [0.717, 1.165) is 17.7 Å². The molecule has 3 aromatic rings. The first kappa shape index (κ1) is 25.1. The van der Waals surface area contributed by atoms with Gasteiger partial charge in [0.15, 0.2) is 0 Å². The van der Waals surface area contributed by atoms with E-state index in [2.05, 4.69) is 14.9 Å². The van der Waals surface area contributed by atoms with Crippen LogP contribution in [-0.4, -0.2) is 76.8 Å². The van der Waals surface area contributed by atoms with Gasteiger partial charge in [0.25, 0.3) is 5.91 Å². The molecular formula is C27H33N5O2. The molecule has 0 radical (unpaired) electrons. The number of likely N-dealkylation sites (N-methyl/N-ethyl adjacent to an activating group) is 1. The summed E-state index contributed by atoms with van der Waals surface area (Å²) in [5.74, 6) is -0.179. The van der Waals surface area contributed by atoms with Gasteiger partial charge in [-0.3, -0.25) is 14.6 Å². The molecule has 2 amide bonds. The van der Waals surface area contributed by atoms with E-state index in [1.165, 1.54) is 12.4 Å². The molecule has 0 aliphatic heterocycles. The summed E-state index contributed by atoms with van der Waals surface area (Å²) in [4.78, 5) is 40.2. The lowest BCUT2D eigenvalue weighted by atomic mass is 10.1. The summed E-state index contributed by atoms with van der Waals surface area (Å²) in [5, 5.41) is 0. The number of nitrogens with zero attached hydrogens (tertiary/aromatic N) is 5. The first-order valence-corrected chi connectivity index (χ1v) is 11.6. The van der Waals surface area contributed by atoms with Gasteiger partial charge in [-0.15, -0.1) is 0 Å². The molecule has 0 unspecified atom stereocenters. The number of carbonyl (C=O) groups excluding carboxylic acids is 2. The van der Waals surface area contributed by atoms with Crippen molar-refractivity contribution in [2.75, 3.05) is 40.3 Å². The third kappa shape index (κ3) is 8.08. The van der Waals surface area contributed by atoms with Crippen molar-refractivity contribution < 1.29 is 9.59 Å². The Labute approximate surface area is 202 Å². The van der Waals surface area contributed by atoms with Gasteiger partial charge < -0.3 is 14.7 Å². The number of hydrogen-bond acceptors (Lipinski definition) is 5. The van der Waals surface area contributed by atoms with E-state index in [1.807, 2.05) is 79.7 Å². The standard InChI is InChI=1S/C27H33N5O2/c1-30(2)19-20-32(22-24-11-7-4-8-12-24)26(33)14-18-31(17-13-23-9-5-3-6-10-23)27(34)25-21-28-15-16-29-25/h3-12,15-16,21H,13-14,17-20,22H2,1-2H3. The van der Waals surface area contributed by atoms with Crippen LogP contribution in [0.2, 0.25) is 0 Å². The summed E-state index contributed by atoms with van der Waals surface area (Å²) in [6, 6.07) is 20.0. The minimum Gasteiger partial charge on any atom is -0.337 e. The third-order valence-electron chi connectivity index (χ3n) is 5.56. The van der Waals surface area contributed by atoms with E-state index in [1.54, 1.807) is 11.1 Å². The summed E-state index contributed by atoms with van der Waals surface area (Å²) in [7, 11) is 3.99. The van der Waals surface area contributed by atoms with E-state index >= 15 is 0 Å². The van der Waals surface area contributed by atoms with E-state index < -0.39 is 0 Å². The molecule has 0 spiro atoms. The Morgan fingerprint density at radius 1 is 0.765 bits per heavy atom. The van der Waals surface area contributed by atoms with Gasteiger partial charge in [0.2, 0.25) is 5.91 Å². The second-order valence-electron chi connectivity index (χ2n) is 8.47. The first-order chi connectivity index (χ1) is 16.5. The molecule has 0 fully saturated rings. The minimum atomic E-state index is -0.209. The van der Waals surface area contributed by atoms with Crippen molar-refractivity contribution in [3.8, 4) is 0 Å². The van der Waals surface area contributed by atoms with Crippen molar-refractivity contribution in [2.24, 2.45) is 0 Å². The first-order valence-electron chi connectivity index (χ1n) is 11.6. The zero-order valence-electron chi connectivity index (χ0n) is 20.0. The zero-order valence-corrected chi connectivity index (χ0v) is 20.0. The number of rotatable bonds is 12. The minimum absolute atomic E-state index is 0.0300. The Morgan fingerprint density at radius 2 is 1.44 bits per heavy atom. The molecule has 0 saturated carbocycles. The Morgan fingerprint density at radius 3 is 2.06 bits per heavy atom. The van der Waals surface area contributed by atoms with Crippen LogP contribution in [0.1, 0.15) is 28.0 Å². The number of amides is 2. The quantitative estimate of drug-likeness (QED) is 0.416. The van der Waals surface area contributed by atoms with Crippen LogP contribution < -0.4 is 0 Å². The summed E-state index contributed by atoms with van der Waals surface area (Å²) in [6.45, 7) is 2.78. The molecule has 178 valence electrons. The fourth-order valence-electron chi connectivity index (χ4n) is 3.60. The monoisotopic (exact) mass is 459 g/mol. The topological polar surface area (TPSA) is 69.6 Å². The molecule has 0 saturated heterocycles. The summed E-state index contributed by atoms with van der Waals surface area (Å²) < 4.78 is 0. The number of hydrogen-bond donors (Lipinski definition) is 0. The van der Waals surface area contributed by atoms with Crippen LogP contribution in [0.15, 0.2) is 79.3 Å². The predicted molar refractivity (Wildman–Crippen MR) is 133 cm³/mol. The number of aromatic nitrogens is 2. The fourth-order valence-corrected chi connectivity index (χ4v) is 3.60. The van der Waals surface area contributed by atoms with Gasteiger partial charge in [0, 0.05) is 51.5 Å². The second kappa shape index (κ2) is 13.2. The maximum Gasteiger partial charge on any atom is 0.274 e. The van der Waals surface area contributed by atoms with E-state index in [4.69, 9.17) is 0 Å². The second-order valence-corrected chi connectivity index (χ2v) is 8.47. The Balaban J connectivity index is 1.68. The number of carbonyl (C=O) groups is 2. The molecule has 0 aliphatic carbocycles. The van der Waals surface area contributed by atoms with Crippen molar-refractivity contribution >= 4 is 11.8 Å². The average Bonchev–Trinajstić information content (AvgIpc) is 2.87. The lowest BCUT2D eigenvalue weighted by molar-refractivity contribution is -0.132. The van der Waals surface area contributed by atoms with Gasteiger partial charge in [0.1, 0.15) is 5.69 Å². The molecule has 0 aliphatic rings. The highest BCUT2D eigenvalue weighted by Crippen LogP contribution is 2.10. The van der Waals surface area contributed by atoms with Crippen molar-refractivity contribution in [3.63, 3.8) is 0 Å². The predicted octanol–water partition coefficient (Wildman–Crippen LogP) is 3.14. The maximum absolute atomic E-state index is 13.2. The highest BCUT2D eigenvalue weighted by Gasteiger charge is 2.21. The third-order valence-corrected chi connectivity index (χ3v) is 5.56. The molecule has 1 heterocycles. The summed E-state index contributed by atoms with van der Waals surface area (Å²) in [6.07, 6.45) is 5.48. The molecule has 2 aromatic carbocycles. The van der Waals surface area contributed by atoms with Crippen molar-refractivity contribution in [3.05, 3.63) is 96.1 Å². The van der Waals surface area contributed by atoms with Crippen molar-refractivity contribution in [2.45, 2.75) is 19.4 Å². The van der Waals surface area contributed by atoms with Gasteiger partial charge in [-0.05, 0) is 31.6 Å². The SMILES string of the molecule is CN(C)CCN(Cc1ccccc1)C(=O)CCN(CCc1ccccc1)C(=O)c1cnccn1. The van der Waals surface area contributed by atoms with Gasteiger partial charge in [-0.1, -0.05) is 60.7 Å². The molecule has 1 aromatic heterocycles. The molecule has 0 bridgehead atoms. The van der Waals surface area contributed by atoms with Gasteiger partial charge in [-0.25, -0.2) is 4.98 Å². The van der Waals surface area contributed by atoms with Crippen LogP contribution in [0.5, 0.6) is 0 Å². The van der Waals surface area contributed by atoms with Crippen LogP contribution in [0.3, 0.4) is 0 Å². The van der Waals surface area contributed by atoms with Gasteiger partial charge in [-0.2, -0.15) is 0 Å². The van der Waals surface area contributed by atoms with Crippen molar-refractivity contribution in [1.29, 1.82) is 0 Å². The van der Waals surface area contributed by atoms with E-state index in [0.29, 0.717) is 32.6 Å². The highest BCUT2D eigenvalue weighted by molar-refractivity contribution is 5.92. The summed E-state index contributed by atoms with van der Waals surface area (Å²) in [5.41, 5.74) is 2.52. The van der Waals surface area contributed by atoms with Crippen LogP contribution in [0, 0.1) is 0 Å². The Bertz CT molecular complexity index is 1010. The molecular weight excluding hydrogens is 426 g/mol. The zero-order chi connectivity index (χ0) is 24.2. The molecule has 0 N–H and O–H groups in total. The van der Waals surface area contributed by atoms with Crippen LogP contribution in [0.4, 0.5) is 0 Å². The van der Waals surface area contributed by atoms with Crippen LogP contribution >= 0.6 is 0 Å². The van der Waals surface area contributed by atoms with Crippen molar-refractivity contribution in [1.82, 2.24) is 24.7 Å². The molecule has 34 heavy (non-hydrogen) atoms. The molecule has 3 rings (SSSR count). The molecule has 7 nitrogen and oxygen atoms in total. The lowest BCUT2D eigenvalue weighted by Gasteiger charge is -2.27. The lowest BCUT2D eigenvalue weighted by Crippen LogP contribution is -2.40. The fraction of sp³-hybridized carbons (Fsp3) is 0.333. The largest absolute Gasteiger partial charge is 0.337 e. The smallest absolute Gasteiger partial charge is 0.274 e. The molecule has 0 atom stereocenters. The summed E-state index contributed by atoms with van der Waals surface area (Å²) >= 11 is 0. The van der Waals surface area contributed by atoms with E-state index in [-0.39, 0.29) is 23.9 Å². The normalized spacial score (nSPS) is 10.8. The van der Waals surface area contributed by atoms with Gasteiger partial charge >= 0.3 is 0 Å². The average molecular weight is 460 g/mol. The molecule has 7 heteroatoms. The number of benzene rings is 2. The van der Waals surface area contributed by atoms with Crippen LogP contribution in [0.25, 0.3) is 0 Å². The highest BCUT2D eigenvalue weighted by atomic mass is 16.2. The van der Waals surface area contributed by atoms with E-state index in [9.17, 15) is 9.59 Å². The maximum atomic E-state index is 13.2. The Hall–Kier alpha value is -3.58.